The third kappa shape index (κ3) is 5.72. The van der Waals surface area contributed by atoms with Gasteiger partial charge in [0, 0.05) is 18.3 Å². The van der Waals surface area contributed by atoms with Crippen LogP contribution in [0.5, 0.6) is 0 Å². The summed E-state index contributed by atoms with van der Waals surface area (Å²) in [7, 11) is 0. The lowest BCUT2D eigenvalue weighted by molar-refractivity contribution is 0.0977. The normalized spacial score (nSPS) is 10.9. The lowest BCUT2D eigenvalue weighted by Crippen LogP contribution is -2.29. The van der Waals surface area contributed by atoms with Gasteiger partial charge in [0.15, 0.2) is 5.11 Å². The second-order valence-corrected chi connectivity index (χ2v) is 4.31. The third-order valence-corrected chi connectivity index (χ3v) is 2.91. The van der Waals surface area contributed by atoms with Crippen LogP contribution >= 0.6 is 12.2 Å². The molecule has 102 valence electrons. The fourth-order valence-electron chi connectivity index (χ4n) is 1.51. The molecule has 0 saturated carbocycles. The van der Waals surface area contributed by atoms with Gasteiger partial charge in [0.05, 0.1) is 0 Å². The lowest BCUT2D eigenvalue weighted by Gasteiger charge is -2.14. The number of aliphatic imine (C=N–C) groups is 1. The maximum atomic E-state index is 11.8. The Morgan fingerprint density at radius 3 is 2.53 bits per heavy atom. The Kier molecular flexibility index (Phi) is 6.92. The minimum atomic E-state index is -0.231. The number of thiocarbonyl (C=S) groups is 1. The zero-order chi connectivity index (χ0) is 14.1. The Balaban J connectivity index is 2.43. The molecule has 0 unspecified atom stereocenters. The molecular weight excluding hydrogens is 258 g/mol. The van der Waals surface area contributed by atoms with Crippen molar-refractivity contribution in [2.75, 3.05) is 19.6 Å². The predicted molar refractivity (Wildman–Crippen MR) is 82.8 cm³/mol. The number of hydrogen-bond acceptors (Lipinski definition) is 3. The number of nitrogens with one attached hydrogen (secondary N) is 1. The minimum Gasteiger partial charge on any atom is -0.299 e. The summed E-state index contributed by atoms with van der Waals surface area (Å²) in [5.41, 5.74) is 0.573. The van der Waals surface area contributed by atoms with Crippen LogP contribution in [-0.4, -0.2) is 41.8 Å². The Morgan fingerprint density at radius 1 is 1.32 bits per heavy atom. The van der Waals surface area contributed by atoms with Crippen LogP contribution in [0.15, 0.2) is 35.3 Å². The molecule has 0 aliphatic heterocycles. The first-order valence-corrected chi connectivity index (χ1v) is 6.73. The highest BCUT2D eigenvalue weighted by Crippen LogP contribution is 1.97. The smallest absolute Gasteiger partial charge is 0.257 e. The molecule has 1 rings (SSSR count). The Morgan fingerprint density at radius 2 is 1.95 bits per heavy atom. The summed E-state index contributed by atoms with van der Waals surface area (Å²) in [6.45, 7) is 6.84. The van der Waals surface area contributed by atoms with E-state index in [1.165, 1.54) is 0 Å². The van der Waals surface area contributed by atoms with Crippen LogP contribution in [-0.2, 0) is 0 Å². The van der Waals surface area contributed by atoms with Crippen molar-refractivity contribution in [2.24, 2.45) is 4.99 Å². The Hall–Kier alpha value is -1.59. The number of nitrogens with zero attached hydrogens (tertiary/aromatic N) is 2. The van der Waals surface area contributed by atoms with Gasteiger partial charge in [-0.05, 0) is 37.4 Å². The summed E-state index contributed by atoms with van der Waals surface area (Å²) < 4.78 is 0. The number of hydrogen-bond donors (Lipinski definition) is 1. The maximum Gasteiger partial charge on any atom is 0.257 e. The Bertz CT molecular complexity index is 441. The van der Waals surface area contributed by atoms with Gasteiger partial charge in [0.25, 0.3) is 5.91 Å². The van der Waals surface area contributed by atoms with Crippen molar-refractivity contribution in [2.45, 2.75) is 13.8 Å². The molecule has 0 aliphatic rings. The van der Waals surface area contributed by atoms with Crippen LogP contribution in [0.1, 0.15) is 24.2 Å². The first-order valence-electron chi connectivity index (χ1n) is 6.32. The number of benzene rings is 1. The van der Waals surface area contributed by atoms with Crippen LogP contribution in [0, 0.1) is 0 Å². The molecule has 1 aromatic carbocycles. The fourth-order valence-corrected chi connectivity index (χ4v) is 1.68. The highest BCUT2D eigenvalue weighted by atomic mass is 32.1. The minimum absolute atomic E-state index is 0.195. The second kappa shape index (κ2) is 8.50. The summed E-state index contributed by atoms with van der Waals surface area (Å²) in [6, 6.07) is 8.94. The number of carbonyl (C=O) groups excluding carboxylic acids is 1. The van der Waals surface area contributed by atoms with Crippen molar-refractivity contribution in [1.82, 2.24) is 10.2 Å². The summed E-state index contributed by atoms with van der Waals surface area (Å²) >= 11 is 5.01. The van der Waals surface area contributed by atoms with Gasteiger partial charge in [-0.2, -0.15) is 0 Å². The third-order valence-electron chi connectivity index (χ3n) is 2.70. The van der Waals surface area contributed by atoms with Crippen molar-refractivity contribution in [1.29, 1.82) is 0 Å². The van der Waals surface area contributed by atoms with Gasteiger partial charge >= 0.3 is 0 Å². The van der Waals surface area contributed by atoms with Crippen molar-refractivity contribution in [3.05, 3.63) is 35.9 Å². The first-order chi connectivity index (χ1) is 9.17. The van der Waals surface area contributed by atoms with Crippen LogP contribution in [0.2, 0.25) is 0 Å². The first kappa shape index (κ1) is 15.5. The molecule has 0 aliphatic carbocycles. The van der Waals surface area contributed by atoms with Crippen molar-refractivity contribution >= 4 is 29.5 Å². The molecule has 1 N–H and O–H groups in total. The van der Waals surface area contributed by atoms with Gasteiger partial charge in [0.2, 0.25) is 0 Å². The topological polar surface area (TPSA) is 44.7 Å². The maximum absolute atomic E-state index is 11.8. The molecule has 0 aromatic heterocycles. The van der Waals surface area contributed by atoms with E-state index in [0.29, 0.717) is 5.56 Å². The van der Waals surface area contributed by atoms with Crippen molar-refractivity contribution in [3.8, 4) is 0 Å². The van der Waals surface area contributed by atoms with Crippen molar-refractivity contribution in [3.63, 3.8) is 0 Å². The van der Waals surface area contributed by atoms with Gasteiger partial charge in [-0.1, -0.05) is 32.0 Å². The molecule has 0 fully saturated rings. The number of rotatable bonds is 5. The highest BCUT2D eigenvalue weighted by Gasteiger charge is 2.05. The molecule has 0 bridgehead atoms. The molecule has 4 nitrogen and oxygen atoms in total. The summed E-state index contributed by atoms with van der Waals surface area (Å²) in [6.07, 6.45) is 1.72. The molecule has 1 aromatic rings. The van der Waals surface area contributed by atoms with Gasteiger partial charge in [-0.3, -0.25) is 15.0 Å². The average molecular weight is 277 g/mol. The predicted octanol–water partition coefficient (Wildman–Crippen LogP) is 2.11. The van der Waals surface area contributed by atoms with E-state index >= 15 is 0 Å². The molecule has 0 atom stereocenters. The standard InChI is InChI=1S/C14H19N3OS/c1-3-17(4-2)11-10-15-14(19)16-13(18)12-8-6-5-7-9-12/h5-10H,3-4,11H2,1-2H3,(H,16,18,19)/b15-10-. The van der Waals surface area contributed by atoms with Crippen LogP contribution in [0.3, 0.4) is 0 Å². The lowest BCUT2D eigenvalue weighted by atomic mass is 10.2. The van der Waals surface area contributed by atoms with Gasteiger partial charge in [0.1, 0.15) is 0 Å². The van der Waals surface area contributed by atoms with Crippen LogP contribution in [0.25, 0.3) is 0 Å². The van der Waals surface area contributed by atoms with E-state index in [1.807, 2.05) is 18.2 Å². The quantitative estimate of drug-likeness (QED) is 0.662. The molecule has 0 saturated heterocycles. The van der Waals surface area contributed by atoms with E-state index in [-0.39, 0.29) is 11.0 Å². The van der Waals surface area contributed by atoms with Gasteiger partial charge in [-0.25, -0.2) is 4.99 Å². The highest BCUT2D eigenvalue weighted by molar-refractivity contribution is 7.80. The Labute approximate surface area is 119 Å². The average Bonchev–Trinajstić information content (AvgIpc) is 2.44. The molecule has 0 radical (unpaired) electrons. The van der Waals surface area contributed by atoms with Gasteiger partial charge in [-0.15, -0.1) is 0 Å². The number of carbonyl (C=O) groups is 1. The van der Waals surface area contributed by atoms with Crippen LogP contribution in [0.4, 0.5) is 0 Å². The number of amides is 1. The molecule has 19 heavy (non-hydrogen) atoms. The monoisotopic (exact) mass is 277 g/mol. The zero-order valence-corrected chi connectivity index (χ0v) is 12.1. The SMILES string of the molecule is CCN(CC)C/C=N\C(=S)NC(=O)c1ccccc1. The fraction of sp³-hybridized carbons (Fsp3) is 0.357. The molecule has 0 heterocycles. The van der Waals surface area contributed by atoms with E-state index < -0.39 is 0 Å². The van der Waals surface area contributed by atoms with E-state index in [1.54, 1.807) is 18.3 Å². The summed E-state index contributed by atoms with van der Waals surface area (Å²) in [5.74, 6) is -0.231. The van der Waals surface area contributed by atoms with E-state index in [4.69, 9.17) is 12.2 Å². The molecule has 5 heteroatoms. The molecule has 1 amide bonds. The largest absolute Gasteiger partial charge is 0.299 e. The van der Waals surface area contributed by atoms with Crippen molar-refractivity contribution < 1.29 is 4.79 Å². The van der Waals surface area contributed by atoms with E-state index in [0.717, 1.165) is 19.6 Å². The second-order valence-electron chi connectivity index (χ2n) is 3.92. The molecular formula is C14H19N3OS. The van der Waals surface area contributed by atoms with Crippen LogP contribution < -0.4 is 5.32 Å². The molecule has 0 spiro atoms. The zero-order valence-electron chi connectivity index (χ0n) is 11.3. The summed E-state index contributed by atoms with van der Waals surface area (Å²) in [4.78, 5) is 18.0. The summed E-state index contributed by atoms with van der Waals surface area (Å²) in [5, 5.41) is 2.78. The van der Waals surface area contributed by atoms with E-state index in [9.17, 15) is 4.79 Å². The van der Waals surface area contributed by atoms with E-state index in [2.05, 4.69) is 29.1 Å². The van der Waals surface area contributed by atoms with Gasteiger partial charge < -0.3 is 0 Å².